The molecule has 1 aromatic rings. The van der Waals surface area contributed by atoms with E-state index in [0.29, 0.717) is 5.92 Å². The quantitative estimate of drug-likeness (QED) is 0.476. The average Bonchev–Trinajstić information content (AvgIpc) is 2.56. The van der Waals surface area contributed by atoms with Crippen LogP contribution in [0.15, 0.2) is 11.2 Å². The van der Waals surface area contributed by atoms with Gasteiger partial charge in [-0.15, -0.1) is 0 Å². The van der Waals surface area contributed by atoms with Crippen molar-refractivity contribution in [2.75, 3.05) is 0 Å². The highest BCUT2D eigenvalue weighted by Crippen LogP contribution is 2.15. The first kappa shape index (κ1) is 14.9. The number of nitrogens with two attached hydrogens (primary N) is 1. The van der Waals surface area contributed by atoms with Gasteiger partial charge in [0.05, 0.1) is 6.21 Å². The van der Waals surface area contributed by atoms with Crippen molar-refractivity contribution in [3.63, 3.8) is 0 Å². The number of carbonyl (C=O) groups is 2. The Labute approximate surface area is 112 Å². The first-order valence-corrected chi connectivity index (χ1v) is 6.12. The topological polar surface area (TPSA) is 89.5 Å². The molecule has 0 atom stereocenters. The lowest BCUT2D eigenvalue weighted by Gasteiger charge is -2.11. The summed E-state index contributed by atoms with van der Waals surface area (Å²) in [5, 5.41) is 3.72. The van der Waals surface area contributed by atoms with Gasteiger partial charge in [0.1, 0.15) is 0 Å². The summed E-state index contributed by atoms with van der Waals surface area (Å²) in [4.78, 5) is 21.5. The van der Waals surface area contributed by atoms with Crippen LogP contribution < -0.4 is 11.2 Å². The van der Waals surface area contributed by atoms with Crippen molar-refractivity contribution in [3.05, 3.63) is 23.0 Å². The third kappa shape index (κ3) is 3.94. The molecule has 0 radical (unpaired) electrons. The molecule has 0 aliphatic rings. The summed E-state index contributed by atoms with van der Waals surface area (Å²) in [6.07, 6.45) is 1.51. The van der Waals surface area contributed by atoms with Gasteiger partial charge in [0.15, 0.2) is 0 Å². The minimum atomic E-state index is -1.05. The predicted molar refractivity (Wildman–Crippen MR) is 73.7 cm³/mol. The number of amides is 2. The van der Waals surface area contributed by atoms with Crippen molar-refractivity contribution in [2.24, 2.45) is 16.8 Å². The van der Waals surface area contributed by atoms with Gasteiger partial charge in [-0.05, 0) is 25.8 Å². The second-order valence-corrected chi connectivity index (χ2v) is 4.89. The maximum Gasteiger partial charge on any atom is 0.329 e. The number of rotatable bonds is 4. The molecule has 19 heavy (non-hydrogen) atoms. The standard InChI is InChI=1S/C13H20N4O2/c1-8(2)7-17-9(3)5-11(10(17)4)6-15-16-13(19)12(14)18/h5-6,8H,7H2,1-4H3,(H2,14,18)(H,16,19). The molecule has 1 heterocycles. The zero-order chi connectivity index (χ0) is 14.6. The molecule has 3 N–H and O–H groups in total. The van der Waals surface area contributed by atoms with Gasteiger partial charge < -0.3 is 10.3 Å². The largest absolute Gasteiger partial charge is 0.361 e. The van der Waals surface area contributed by atoms with Crippen LogP contribution in [-0.2, 0) is 16.1 Å². The molecule has 6 heteroatoms. The highest BCUT2D eigenvalue weighted by Gasteiger charge is 2.09. The van der Waals surface area contributed by atoms with Crippen molar-refractivity contribution >= 4 is 18.0 Å². The maximum absolute atomic E-state index is 10.9. The number of aryl methyl sites for hydroxylation is 1. The summed E-state index contributed by atoms with van der Waals surface area (Å²) in [5.41, 5.74) is 9.98. The van der Waals surface area contributed by atoms with Crippen LogP contribution in [0.5, 0.6) is 0 Å². The van der Waals surface area contributed by atoms with Crippen LogP contribution in [0.25, 0.3) is 0 Å². The van der Waals surface area contributed by atoms with E-state index in [0.717, 1.165) is 23.5 Å². The van der Waals surface area contributed by atoms with E-state index in [-0.39, 0.29) is 0 Å². The minimum absolute atomic E-state index is 0.546. The maximum atomic E-state index is 10.9. The number of nitrogens with one attached hydrogen (secondary N) is 1. The highest BCUT2D eigenvalue weighted by atomic mass is 16.2. The van der Waals surface area contributed by atoms with E-state index in [1.807, 2.05) is 19.9 Å². The minimum Gasteiger partial charge on any atom is -0.361 e. The van der Waals surface area contributed by atoms with Crippen LogP contribution in [0.4, 0.5) is 0 Å². The molecule has 1 rings (SSSR count). The molecular weight excluding hydrogens is 244 g/mol. The van der Waals surface area contributed by atoms with E-state index in [1.54, 1.807) is 0 Å². The molecule has 1 aromatic heterocycles. The van der Waals surface area contributed by atoms with Crippen LogP contribution in [-0.4, -0.2) is 22.6 Å². The van der Waals surface area contributed by atoms with Crippen LogP contribution in [0.2, 0.25) is 0 Å². The molecular formula is C13H20N4O2. The third-order valence-corrected chi connectivity index (χ3v) is 2.75. The van der Waals surface area contributed by atoms with Gasteiger partial charge in [0, 0.05) is 23.5 Å². The molecule has 0 spiro atoms. The second-order valence-electron chi connectivity index (χ2n) is 4.89. The van der Waals surface area contributed by atoms with Gasteiger partial charge in [0.2, 0.25) is 0 Å². The van der Waals surface area contributed by atoms with Crippen molar-refractivity contribution in [2.45, 2.75) is 34.2 Å². The van der Waals surface area contributed by atoms with Crippen molar-refractivity contribution in [1.29, 1.82) is 0 Å². The normalized spacial score (nSPS) is 11.2. The first-order chi connectivity index (χ1) is 8.82. The van der Waals surface area contributed by atoms with Gasteiger partial charge in [-0.1, -0.05) is 13.8 Å². The van der Waals surface area contributed by atoms with Gasteiger partial charge in [-0.25, -0.2) is 5.43 Å². The molecule has 6 nitrogen and oxygen atoms in total. The van der Waals surface area contributed by atoms with E-state index < -0.39 is 11.8 Å². The van der Waals surface area contributed by atoms with E-state index >= 15 is 0 Å². The number of aromatic nitrogens is 1. The molecule has 0 aliphatic heterocycles. The zero-order valence-electron chi connectivity index (χ0n) is 11.7. The molecule has 104 valence electrons. The Bertz CT molecular complexity index is 515. The molecule has 0 fully saturated rings. The lowest BCUT2D eigenvalue weighted by Crippen LogP contribution is -2.32. The van der Waals surface area contributed by atoms with E-state index in [4.69, 9.17) is 5.73 Å². The molecule has 0 saturated heterocycles. The van der Waals surface area contributed by atoms with Crippen LogP contribution in [0, 0.1) is 19.8 Å². The second kappa shape index (κ2) is 6.17. The smallest absolute Gasteiger partial charge is 0.329 e. The lowest BCUT2D eigenvalue weighted by molar-refractivity contribution is -0.137. The van der Waals surface area contributed by atoms with Gasteiger partial charge in [-0.3, -0.25) is 9.59 Å². The first-order valence-electron chi connectivity index (χ1n) is 6.12. The summed E-state index contributed by atoms with van der Waals surface area (Å²) in [5.74, 6) is -1.43. The van der Waals surface area contributed by atoms with Gasteiger partial charge >= 0.3 is 11.8 Å². The third-order valence-electron chi connectivity index (χ3n) is 2.75. The van der Waals surface area contributed by atoms with Crippen molar-refractivity contribution < 1.29 is 9.59 Å². The Morgan fingerprint density at radius 3 is 2.63 bits per heavy atom. The Morgan fingerprint density at radius 1 is 1.47 bits per heavy atom. The number of carbonyl (C=O) groups excluding carboxylic acids is 2. The number of hydrazone groups is 1. The number of hydrogen-bond acceptors (Lipinski definition) is 3. The van der Waals surface area contributed by atoms with E-state index in [1.165, 1.54) is 6.21 Å². The van der Waals surface area contributed by atoms with Gasteiger partial charge in [0.25, 0.3) is 0 Å². The summed E-state index contributed by atoms with van der Waals surface area (Å²) in [6, 6.07) is 1.98. The highest BCUT2D eigenvalue weighted by molar-refractivity contribution is 6.34. The monoisotopic (exact) mass is 264 g/mol. The number of nitrogens with zero attached hydrogens (tertiary/aromatic N) is 2. The summed E-state index contributed by atoms with van der Waals surface area (Å²) >= 11 is 0. The Kier molecular flexibility index (Phi) is 4.86. The summed E-state index contributed by atoms with van der Waals surface area (Å²) in [7, 11) is 0. The SMILES string of the molecule is Cc1cc(C=NNC(=O)C(N)=O)c(C)n1CC(C)C. The lowest BCUT2D eigenvalue weighted by atomic mass is 10.2. The fraction of sp³-hybridized carbons (Fsp3) is 0.462. The van der Waals surface area contributed by atoms with E-state index in [9.17, 15) is 9.59 Å². The molecule has 0 aromatic carbocycles. The molecule has 0 aliphatic carbocycles. The fourth-order valence-corrected chi connectivity index (χ4v) is 1.82. The zero-order valence-corrected chi connectivity index (χ0v) is 11.7. The number of hydrogen-bond donors (Lipinski definition) is 2. The predicted octanol–water partition coefficient (Wildman–Crippen LogP) is 0.696. The summed E-state index contributed by atoms with van der Waals surface area (Å²) in [6.45, 7) is 9.25. The van der Waals surface area contributed by atoms with Crippen LogP contribution in [0.1, 0.15) is 30.8 Å². The Balaban J connectivity index is 2.83. The summed E-state index contributed by atoms with van der Waals surface area (Å²) < 4.78 is 2.20. The molecule has 0 bridgehead atoms. The molecule has 0 saturated carbocycles. The Morgan fingerprint density at radius 2 is 2.11 bits per heavy atom. The van der Waals surface area contributed by atoms with E-state index in [2.05, 4.69) is 28.9 Å². The van der Waals surface area contributed by atoms with Crippen LogP contribution in [0.3, 0.4) is 0 Å². The Hall–Kier alpha value is -2.11. The van der Waals surface area contributed by atoms with Gasteiger partial charge in [-0.2, -0.15) is 5.10 Å². The van der Waals surface area contributed by atoms with Crippen molar-refractivity contribution in [3.8, 4) is 0 Å². The van der Waals surface area contributed by atoms with Crippen molar-refractivity contribution in [1.82, 2.24) is 9.99 Å². The molecule has 2 amide bonds. The fourth-order valence-electron chi connectivity index (χ4n) is 1.82. The molecule has 0 unspecified atom stereocenters. The number of primary amides is 1. The average molecular weight is 264 g/mol. The van der Waals surface area contributed by atoms with Crippen LogP contribution >= 0.6 is 0 Å².